The van der Waals surface area contributed by atoms with E-state index in [1.54, 1.807) is 0 Å². The van der Waals surface area contributed by atoms with Gasteiger partial charge in [-0.25, -0.2) is 0 Å². The lowest BCUT2D eigenvalue weighted by Crippen LogP contribution is -2.23. The number of benzene rings is 1. The van der Waals surface area contributed by atoms with Crippen molar-refractivity contribution in [3.05, 3.63) is 55.1 Å². The zero-order valence-electron chi connectivity index (χ0n) is 11.7. The van der Waals surface area contributed by atoms with Gasteiger partial charge in [-0.2, -0.15) is 0 Å². The van der Waals surface area contributed by atoms with Crippen molar-refractivity contribution in [2.75, 3.05) is 6.54 Å². The maximum absolute atomic E-state index is 6.30. The number of nitrogens with one attached hydrogen (secondary N) is 1. The summed E-state index contributed by atoms with van der Waals surface area (Å²) in [5.74, 6) is 0. The normalized spacial score (nSPS) is 12.6. The Bertz CT molecular complexity index is 567. The van der Waals surface area contributed by atoms with Crippen LogP contribution >= 0.6 is 38.9 Å². The van der Waals surface area contributed by atoms with Crippen molar-refractivity contribution >= 4 is 38.9 Å². The molecule has 1 aromatic heterocycles. The number of hydrogen-bond acceptors (Lipinski definition) is 2. The number of halogens is 2. The highest BCUT2D eigenvalue weighted by atomic mass is 79.9. The predicted molar refractivity (Wildman–Crippen MR) is 92.9 cm³/mol. The van der Waals surface area contributed by atoms with E-state index in [4.69, 9.17) is 11.6 Å². The Hall–Kier alpha value is -0.350. The Morgan fingerprint density at radius 2 is 2.10 bits per heavy atom. The Labute approximate surface area is 138 Å². The lowest BCUT2D eigenvalue weighted by molar-refractivity contribution is 0.535. The first-order chi connectivity index (χ1) is 9.61. The van der Waals surface area contributed by atoms with Gasteiger partial charge in [-0.05, 0) is 59.9 Å². The second-order valence-electron chi connectivity index (χ2n) is 4.87. The van der Waals surface area contributed by atoms with Crippen LogP contribution in [0, 0.1) is 6.92 Å². The van der Waals surface area contributed by atoms with Gasteiger partial charge in [0.15, 0.2) is 0 Å². The van der Waals surface area contributed by atoms with Gasteiger partial charge in [-0.3, -0.25) is 0 Å². The second-order valence-corrected chi connectivity index (χ2v) is 7.42. The molecule has 2 aromatic rings. The highest BCUT2D eigenvalue weighted by molar-refractivity contribution is 9.10. The first-order valence-electron chi connectivity index (χ1n) is 6.84. The molecule has 0 bridgehead atoms. The van der Waals surface area contributed by atoms with E-state index in [9.17, 15) is 0 Å². The molecule has 108 valence electrons. The molecule has 1 N–H and O–H groups in total. The van der Waals surface area contributed by atoms with Crippen LogP contribution in [0.3, 0.4) is 0 Å². The van der Waals surface area contributed by atoms with Crippen LogP contribution in [0.25, 0.3) is 0 Å². The molecule has 1 nitrogen and oxygen atoms in total. The molecule has 0 aliphatic carbocycles. The minimum absolute atomic E-state index is 0.308. The lowest BCUT2D eigenvalue weighted by Gasteiger charge is -2.19. The molecule has 1 atom stereocenters. The van der Waals surface area contributed by atoms with Crippen molar-refractivity contribution in [2.24, 2.45) is 0 Å². The highest BCUT2D eigenvalue weighted by Crippen LogP contribution is 2.34. The third kappa shape index (κ3) is 4.08. The fourth-order valence-corrected chi connectivity index (χ4v) is 4.41. The summed E-state index contributed by atoms with van der Waals surface area (Å²) < 4.78 is 1.20. The number of aryl methyl sites for hydroxylation is 1. The molecule has 0 aliphatic rings. The van der Waals surface area contributed by atoms with Crippen molar-refractivity contribution < 1.29 is 0 Å². The van der Waals surface area contributed by atoms with E-state index in [1.165, 1.54) is 19.8 Å². The van der Waals surface area contributed by atoms with E-state index in [0.29, 0.717) is 6.04 Å². The molecule has 0 aliphatic heterocycles. The Morgan fingerprint density at radius 3 is 2.70 bits per heavy atom. The molecule has 0 amide bonds. The second kappa shape index (κ2) is 7.60. The molecule has 1 aromatic carbocycles. The quantitative estimate of drug-likeness (QED) is 0.680. The van der Waals surface area contributed by atoms with Crippen LogP contribution in [0.2, 0.25) is 5.02 Å². The molecule has 0 fully saturated rings. The van der Waals surface area contributed by atoms with Crippen LogP contribution in [0.5, 0.6) is 0 Å². The Balaban J connectivity index is 2.24. The summed E-state index contributed by atoms with van der Waals surface area (Å²) in [4.78, 5) is 2.69. The molecular formula is C16H19BrClNS. The maximum Gasteiger partial charge on any atom is 0.0467 e. The highest BCUT2D eigenvalue weighted by Gasteiger charge is 2.18. The number of rotatable bonds is 6. The van der Waals surface area contributed by atoms with Crippen molar-refractivity contribution in [2.45, 2.75) is 32.7 Å². The summed E-state index contributed by atoms with van der Waals surface area (Å²) in [6, 6.07) is 10.6. The van der Waals surface area contributed by atoms with Gasteiger partial charge in [0, 0.05) is 25.3 Å². The fraction of sp³-hybridized carbons (Fsp3) is 0.375. The maximum atomic E-state index is 6.30. The monoisotopic (exact) mass is 371 g/mol. The molecule has 1 heterocycles. The average Bonchev–Trinajstić information content (AvgIpc) is 2.75. The van der Waals surface area contributed by atoms with Gasteiger partial charge in [0.1, 0.15) is 0 Å². The van der Waals surface area contributed by atoms with Gasteiger partial charge in [0.25, 0.3) is 0 Å². The summed E-state index contributed by atoms with van der Waals surface area (Å²) in [6.45, 7) is 5.35. The Kier molecular flexibility index (Phi) is 6.09. The molecule has 4 heteroatoms. The third-order valence-corrected chi connectivity index (χ3v) is 5.63. The molecular weight excluding hydrogens is 354 g/mol. The van der Waals surface area contributed by atoms with E-state index in [2.05, 4.69) is 47.2 Å². The van der Waals surface area contributed by atoms with Crippen LogP contribution in [0.1, 0.15) is 34.7 Å². The van der Waals surface area contributed by atoms with Crippen molar-refractivity contribution in [3.8, 4) is 0 Å². The van der Waals surface area contributed by atoms with Gasteiger partial charge >= 0.3 is 0 Å². The van der Waals surface area contributed by atoms with E-state index in [-0.39, 0.29) is 0 Å². The summed E-state index contributed by atoms with van der Waals surface area (Å²) in [7, 11) is 0. The first kappa shape index (κ1) is 16.0. The number of thiophene rings is 1. The average molecular weight is 373 g/mol. The zero-order chi connectivity index (χ0) is 14.5. The smallest absolute Gasteiger partial charge is 0.0467 e. The topological polar surface area (TPSA) is 12.0 Å². The SMILES string of the molecule is CCCNC(Cc1ccccc1Cl)c1sc(C)cc1Br. The van der Waals surface area contributed by atoms with Crippen LogP contribution in [0.15, 0.2) is 34.8 Å². The molecule has 0 saturated heterocycles. The molecule has 0 radical (unpaired) electrons. The standard InChI is InChI=1S/C16H19BrClNS/c1-3-8-19-15(16-13(17)9-11(2)20-16)10-12-6-4-5-7-14(12)18/h4-7,9,15,19H,3,8,10H2,1-2H3. The van der Waals surface area contributed by atoms with E-state index in [1.807, 2.05) is 29.5 Å². The molecule has 20 heavy (non-hydrogen) atoms. The molecule has 2 rings (SSSR count). The van der Waals surface area contributed by atoms with Crippen molar-refractivity contribution in [1.29, 1.82) is 0 Å². The zero-order valence-corrected chi connectivity index (χ0v) is 14.9. The Morgan fingerprint density at radius 1 is 1.35 bits per heavy atom. The fourth-order valence-electron chi connectivity index (χ4n) is 2.20. The van der Waals surface area contributed by atoms with Gasteiger partial charge < -0.3 is 5.32 Å². The number of hydrogen-bond donors (Lipinski definition) is 1. The summed E-state index contributed by atoms with van der Waals surface area (Å²) in [5, 5.41) is 4.48. The van der Waals surface area contributed by atoms with Crippen LogP contribution in [0.4, 0.5) is 0 Å². The summed E-state index contributed by atoms with van der Waals surface area (Å²) in [5.41, 5.74) is 1.20. The van der Waals surface area contributed by atoms with Gasteiger partial charge in [-0.15, -0.1) is 11.3 Å². The first-order valence-corrected chi connectivity index (χ1v) is 8.83. The van der Waals surface area contributed by atoms with Gasteiger partial charge in [0.05, 0.1) is 0 Å². The van der Waals surface area contributed by atoms with Crippen molar-refractivity contribution in [3.63, 3.8) is 0 Å². The largest absolute Gasteiger partial charge is 0.309 e. The van der Waals surface area contributed by atoms with Gasteiger partial charge in [-0.1, -0.05) is 36.7 Å². The minimum Gasteiger partial charge on any atom is -0.309 e. The van der Waals surface area contributed by atoms with Crippen LogP contribution in [-0.4, -0.2) is 6.54 Å². The minimum atomic E-state index is 0.308. The predicted octanol–water partition coefficient (Wildman–Crippen LogP) is 5.76. The van der Waals surface area contributed by atoms with Crippen LogP contribution < -0.4 is 5.32 Å². The van der Waals surface area contributed by atoms with E-state index < -0.39 is 0 Å². The summed E-state index contributed by atoms with van der Waals surface area (Å²) >= 11 is 11.8. The van der Waals surface area contributed by atoms with Gasteiger partial charge in [0.2, 0.25) is 0 Å². The lowest BCUT2D eigenvalue weighted by atomic mass is 10.0. The molecule has 0 saturated carbocycles. The van der Waals surface area contributed by atoms with E-state index >= 15 is 0 Å². The molecule has 1 unspecified atom stereocenters. The van der Waals surface area contributed by atoms with E-state index in [0.717, 1.165) is 24.4 Å². The third-order valence-electron chi connectivity index (χ3n) is 3.18. The summed E-state index contributed by atoms with van der Waals surface area (Å²) in [6.07, 6.45) is 2.04. The van der Waals surface area contributed by atoms with Crippen LogP contribution in [-0.2, 0) is 6.42 Å². The van der Waals surface area contributed by atoms with Crippen molar-refractivity contribution in [1.82, 2.24) is 5.32 Å². The molecule has 0 spiro atoms.